The van der Waals surface area contributed by atoms with Crippen LogP contribution < -0.4 is 0 Å². The summed E-state index contributed by atoms with van der Waals surface area (Å²) < 4.78 is 6.38. The van der Waals surface area contributed by atoms with Crippen molar-refractivity contribution in [1.82, 2.24) is 0 Å². The highest BCUT2D eigenvalue weighted by Crippen LogP contribution is 2.13. The minimum Gasteiger partial charge on any atom is -0.385 e. The number of unbranched alkanes of at least 4 members (excludes halogenated alkanes) is 15. The van der Waals surface area contributed by atoms with E-state index in [2.05, 4.69) is 28.1 Å². The molecule has 0 spiro atoms. The van der Waals surface area contributed by atoms with Gasteiger partial charge in [0.05, 0.1) is 27.7 Å². The lowest BCUT2D eigenvalue weighted by atomic mass is 10.0. The molecular weight excluding hydrogens is 334 g/mol. The Labute approximate surface area is 171 Å². The van der Waals surface area contributed by atoms with Crippen LogP contribution in [-0.4, -0.2) is 56.6 Å². The van der Waals surface area contributed by atoms with Crippen molar-refractivity contribution in [2.75, 3.05) is 40.9 Å². The molecule has 27 heavy (non-hydrogen) atoms. The van der Waals surface area contributed by atoms with E-state index >= 15 is 0 Å². The van der Waals surface area contributed by atoms with Gasteiger partial charge in [-0.2, -0.15) is 0 Å². The van der Waals surface area contributed by atoms with Crippen molar-refractivity contribution in [3.63, 3.8) is 0 Å². The topological polar surface area (TPSA) is 29.5 Å². The van der Waals surface area contributed by atoms with Crippen LogP contribution in [0.15, 0.2) is 0 Å². The number of rotatable bonds is 21. The molecule has 0 radical (unpaired) electrons. The molecule has 0 saturated heterocycles. The van der Waals surface area contributed by atoms with Crippen LogP contribution in [0.1, 0.15) is 110 Å². The number of likely N-dealkylation sites (N-methyl/N-ethyl adjacent to an activating group) is 1. The first-order valence-corrected chi connectivity index (χ1v) is 12.0. The van der Waals surface area contributed by atoms with Gasteiger partial charge in [-0.25, -0.2) is 0 Å². The maximum absolute atomic E-state index is 9.88. The molecule has 1 unspecified atom stereocenters. The Hall–Kier alpha value is -0.120. The minimum absolute atomic E-state index is 0.342. The van der Waals surface area contributed by atoms with Gasteiger partial charge in [0.25, 0.3) is 0 Å². The molecule has 0 aromatic heterocycles. The zero-order chi connectivity index (χ0) is 20.2. The summed E-state index contributed by atoms with van der Waals surface area (Å²) in [6, 6.07) is 0. The molecule has 0 heterocycles. The van der Waals surface area contributed by atoms with Crippen molar-refractivity contribution in [2.24, 2.45) is 0 Å². The number of hydrogen-bond acceptors (Lipinski definition) is 2. The van der Waals surface area contributed by atoms with E-state index < -0.39 is 0 Å². The van der Waals surface area contributed by atoms with E-state index in [0.717, 1.165) is 24.1 Å². The molecule has 0 saturated carbocycles. The van der Waals surface area contributed by atoms with E-state index in [1.807, 2.05) is 0 Å². The van der Waals surface area contributed by atoms with Crippen molar-refractivity contribution in [3.8, 4) is 0 Å². The molecule has 0 bridgehead atoms. The standard InChI is InChI=1S/C24H52NO2/c1-5-6-7-8-9-10-11-12-13-14-15-16-17-18-19-20-21-27-23-24(26)22-25(2,3)4/h24,26H,5-23H2,1-4H3/q+1. The molecule has 164 valence electrons. The monoisotopic (exact) mass is 386 g/mol. The summed E-state index contributed by atoms with van der Waals surface area (Å²) in [6.45, 7) is 4.32. The summed E-state index contributed by atoms with van der Waals surface area (Å²) in [5.74, 6) is 0. The first-order valence-electron chi connectivity index (χ1n) is 12.0. The molecule has 1 atom stereocenters. The average Bonchev–Trinajstić information content (AvgIpc) is 2.59. The molecular formula is C24H52NO2+. The molecule has 0 aromatic carbocycles. The van der Waals surface area contributed by atoms with E-state index in [9.17, 15) is 5.11 Å². The van der Waals surface area contributed by atoms with Gasteiger partial charge in [0.2, 0.25) is 0 Å². The fourth-order valence-electron chi connectivity index (χ4n) is 3.66. The predicted molar refractivity (Wildman–Crippen MR) is 119 cm³/mol. The maximum Gasteiger partial charge on any atom is 0.126 e. The van der Waals surface area contributed by atoms with Crippen LogP contribution in [-0.2, 0) is 4.74 Å². The number of aliphatic hydroxyl groups is 1. The third kappa shape index (κ3) is 23.8. The van der Waals surface area contributed by atoms with Gasteiger partial charge in [-0.15, -0.1) is 0 Å². The van der Waals surface area contributed by atoms with Crippen LogP contribution in [0.4, 0.5) is 0 Å². The normalized spacial score (nSPS) is 13.2. The Balaban J connectivity index is 3.11. The zero-order valence-corrected chi connectivity index (χ0v) is 19.3. The average molecular weight is 387 g/mol. The van der Waals surface area contributed by atoms with Gasteiger partial charge in [0, 0.05) is 6.61 Å². The Kier molecular flexibility index (Phi) is 19.1. The highest BCUT2D eigenvalue weighted by atomic mass is 16.5. The Morgan fingerprint density at radius 3 is 1.37 bits per heavy atom. The van der Waals surface area contributed by atoms with Crippen molar-refractivity contribution in [2.45, 2.75) is 116 Å². The molecule has 0 aliphatic rings. The number of nitrogens with zero attached hydrogens (tertiary/aromatic N) is 1. The number of aliphatic hydroxyl groups excluding tert-OH is 1. The van der Waals surface area contributed by atoms with Crippen LogP contribution in [0, 0.1) is 0 Å². The number of quaternary nitrogens is 1. The first-order chi connectivity index (χ1) is 13.0. The first kappa shape index (κ1) is 26.9. The van der Waals surface area contributed by atoms with Crippen molar-refractivity contribution < 1.29 is 14.3 Å². The summed E-state index contributed by atoms with van der Waals surface area (Å²) in [5, 5.41) is 9.88. The zero-order valence-electron chi connectivity index (χ0n) is 19.3. The molecule has 3 heteroatoms. The van der Waals surface area contributed by atoms with Crippen molar-refractivity contribution in [3.05, 3.63) is 0 Å². The second kappa shape index (κ2) is 19.2. The lowest BCUT2D eigenvalue weighted by molar-refractivity contribution is -0.873. The summed E-state index contributed by atoms with van der Waals surface area (Å²) in [5.41, 5.74) is 0. The van der Waals surface area contributed by atoms with Crippen LogP contribution in [0.25, 0.3) is 0 Å². The second-order valence-corrected chi connectivity index (χ2v) is 9.50. The van der Waals surface area contributed by atoms with E-state index in [1.54, 1.807) is 0 Å². The van der Waals surface area contributed by atoms with Crippen LogP contribution in [0.5, 0.6) is 0 Å². The van der Waals surface area contributed by atoms with Gasteiger partial charge in [-0.05, 0) is 6.42 Å². The predicted octanol–water partition coefficient (Wildman–Crippen LogP) is 6.33. The lowest BCUT2D eigenvalue weighted by Crippen LogP contribution is -2.43. The Morgan fingerprint density at radius 2 is 1.00 bits per heavy atom. The van der Waals surface area contributed by atoms with E-state index in [1.165, 1.54) is 96.3 Å². The molecule has 0 amide bonds. The third-order valence-corrected chi connectivity index (χ3v) is 5.21. The van der Waals surface area contributed by atoms with Gasteiger partial charge in [-0.1, -0.05) is 103 Å². The molecule has 0 aromatic rings. The summed E-state index contributed by atoms with van der Waals surface area (Å²) in [6.07, 6.45) is 22.0. The highest BCUT2D eigenvalue weighted by molar-refractivity contribution is 4.52. The molecule has 3 nitrogen and oxygen atoms in total. The van der Waals surface area contributed by atoms with Crippen LogP contribution >= 0.6 is 0 Å². The van der Waals surface area contributed by atoms with E-state index in [4.69, 9.17) is 4.74 Å². The molecule has 0 aliphatic carbocycles. The fourth-order valence-corrected chi connectivity index (χ4v) is 3.66. The smallest absolute Gasteiger partial charge is 0.126 e. The quantitative estimate of drug-likeness (QED) is 0.184. The second-order valence-electron chi connectivity index (χ2n) is 9.50. The number of hydrogen-bond donors (Lipinski definition) is 1. The van der Waals surface area contributed by atoms with Gasteiger partial charge in [0.15, 0.2) is 0 Å². The fraction of sp³-hybridized carbons (Fsp3) is 1.00. The van der Waals surface area contributed by atoms with Crippen LogP contribution in [0.2, 0.25) is 0 Å². The van der Waals surface area contributed by atoms with Gasteiger partial charge < -0.3 is 14.3 Å². The summed E-state index contributed by atoms with van der Waals surface area (Å²) in [4.78, 5) is 0. The minimum atomic E-state index is -0.342. The lowest BCUT2D eigenvalue weighted by Gasteiger charge is -2.26. The number of ether oxygens (including phenoxy) is 1. The maximum atomic E-state index is 9.88. The van der Waals surface area contributed by atoms with Crippen molar-refractivity contribution in [1.29, 1.82) is 0 Å². The molecule has 0 aliphatic heterocycles. The molecule has 0 fully saturated rings. The molecule has 0 rings (SSSR count). The Morgan fingerprint density at radius 1 is 0.630 bits per heavy atom. The molecule has 1 N–H and O–H groups in total. The van der Waals surface area contributed by atoms with E-state index in [-0.39, 0.29) is 6.10 Å². The largest absolute Gasteiger partial charge is 0.385 e. The third-order valence-electron chi connectivity index (χ3n) is 5.21. The van der Waals surface area contributed by atoms with Crippen molar-refractivity contribution >= 4 is 0 Å². The highest BCUT2D eigenvalue weighted by Gasteiger charge is 2.15. The van der Waals surface area contributed by atoms with Gasteiger partial charge in [-0.3, -0.25) is 0 Å². The van der Waals surface area contributed by atoms with Gasteiger partial charge >= 0.3 is 0 Å². The summed E-state index contributed by atoms with van der Waals surface area (Å²) in [7, 11) is 6.29. The van der Waals surface area contributed by atoms with Gasteiger partial charge in [0.1, 0.15) is 12.6 Å². The van der Waals surface area contributed by atoms with E-state index in [0.29, 0.717) is 6.61 Å². The summed E-state index contributed by atoms with van der Waals surface area (Å²) >= 11 is 0. The Bertz CT molecular complexity index is 289. The SMILES string of the molecule is CCCCCCCCCCCCCCCCCCOCC(O)C[N+](C)(C)C. The van der Waals surface area contributed by atoms with Crippen LogP contribution in [0.3, 0.4) is 0 Å².